The average molecular weight is 240 g/mol. The van der Waals surface area contributed by atoms with Gasteiger partial charge in [0.25, 0.3) is 0 Å². The highest BCUT2D eigenvalue weighted by atomic mass is 32.1. The minimum absolute atomic E-state index is 0.376. The van der Waals surface area contributed by atoms with Crippen molar-refractivity contribution in [2.24, 2.45) is 5.41 Å². The van der Waals surface area contributed by atoms with Gasteiger partial charge in [0.1, 0.15) is 0 Å². The van der Waals surface area contributed by atoms with Gasteiger partial charge in [-0.15, -0.1) is 11.3 Å². The fourth-order valence-electron chi connectivity index (χ4n) is 2.10. The number of thiophene rings is 1. The summed E-state index contributed by atoms with van der Waals surface area (Å²) in [6.45, 7) is 7.92. The summed E-state index contributed by atoms with van der Waals surface area (Å²) in [5, 5.41) is 5.45. The highest BCUT2D eigenvalue weighted by Gasteiger charge is 2.23. The molecular weight excluding hydrogens is 216 g/mol. The lowest BCUT2D eigenvalue weighted by atomic mass is 9.87. The van der Waals surface area contributed by atoms with Crippen molar-refractivity contribution in [3.8, 4) is 0 Å². The Bertz CT molecular complexity index is 284. The monoisotopic (exact) mass is 240 g/mol. The minimum atomic E-state index is 0.376. The van der Waals surface area contributed by atoms with Crippen molar-refractivity contribution in [1.29, 1.82) is 0 Å². The van der Waals surface area contributed by atoms with Crippen molar-refractivity contribution in [2.45, 2.75) is 26.8 Å². The molecule has 0 saturated carbocycles. The fourth-order valence-corrected chi connectivity index (χ4v) is 2.88. The summed E-state index contributed by atoms with van der Waals surface area (Å²) in [4.78, 5) is 3.87. The zero-order valence-electron chi connectivity index (χ0n) is 10.9. The Hall–Kier alpha value is -0.380. The van der Waals surface area contributed by atoms with Gasteiger partial charge in [-0.1, -0.05) is 19.9 Å². The van der Waals surface area contributed by atoms with Crippen LogP contribution in [0.1, 0.15) is 25.1 Å². The van der Waals surface area contributed by atoms with E-state index < -0.39 is 0 Å². The highest BCUT2D eigenvalue weighted by molar-refractivity contribution is 7.09. The van der Waals surface area contributed by atoms with Crippen molar-refractivity contribution in [3.05, 3.63) is 22.4 Å². The van der Waals surface area contributed by atoms with Crippen molar-refractivity contribution in [3.63, 3.8) is 0 Å². The van der Waals surface area contributed by atoms with E-state index in [4.69, 9.17) is 0 Å². The molecule has 0 saturated heterocycles. The molecule has 1 atom stereocenters. The Morgan fingerprint density at radius 1 is 1.50 bits per heavy atom. The minimum Gasteiger partial charge on any atom is -0.319 e. The van der Waals surface area contributed by atoms with Gasteiger partial charge in [-0.25, -0.2) is 0 Å². The predicted molar refractivity (Wildman–Crippen MR) is 73.0 cm³/mol. The first kappa shape index (κ1) is 13.7. The molecule has 1 aromatic heterocycles. The second kappa shape index (κ2) is 6.38. The van der Waals surface area contributed by atoms with E-state index in [2.05, 4.69) is 48.6 Å². The molecule has 0 bridgehead atoms. The normalized spacial score (nSPS) is 15.3. The number of nitrogens with one attached hydrogen (secondary N) is 1. The third-order valence-corrected chi connectivity index (χ3v) is 3.98. The summed E-state index contributed by atoms with van der Waals surface area (Å²) in [6, 6.07) is 4.34. The SMILES string of the molecule is CCC(C)(CNC)CN(C)Cc1cccs1. The third-order valence-electron chi connectivity index (χ3n) is 3.11. The van der Waals surface area contributed by atoms with Gasteiger partial charge in [0.15, 0.2) is 0 Å². The predicted octanol–water partition coefficient (Wildman–Crippen LogP) is 2.82. The number of hydrogen-bond acceptors (Lipinski definition) is 3. The smallest absolute Gasteiger partial charge is 0.0325 e. The van der Waals surface area contributed by atoms with Crippen LogP contribution < -0.4 is 5.32 Å². The van der Waals surface area contributed by atoms with E-state index in [1.54, 1.807) is 0 Å². The number of rotatable bonds is 7. The van der Waals surface area contributed by atoms with Gasteiger partial charge < -0.3 is 10.2 Å². The first-order chi connectivity index (χ1) is 7.59. The second-order valence-electron chi connectivity index (χ2n) is 4.95. The Kier molecular flexibility index (Phi) is 5.46. The molecule has 0 aromatic carbocycles. The van der Waals surface area contributed by atoms with Crippen LogP contribution in [-0.4, -0.2) is 32.1 Å². The average Bonchev–Trinajstić information content (AvgIpc) is 2.70. The molecule has 0 aliphatic heterocycles. The van der Waals surface area contributed by atoms with Gasteiger partial charge in [-0.2, -0.15) is 0 Å². The molecule has 0 aliphatic rings. The van der Waals surface area contributed by atoms with Crippen molar-refractivity contribution in [1.82, 2.24) is 10.2 Å². The second-order valence-corrected chi connectivity index (χ2v) is 5.98. The molecule has 1 rings (SSSR count). The standard InChI is InChI=1S/C13H24N2S/c1-5-13(2,10-14-3)11-15(4)9-12-7-6-8-16-12/h6-8,14H,5,9-11H2,1-4H3. The summed E-state index contributed by atoms with van der Waals surface area (Å²) >= 11 is 1.84. The molecule has 0 fully saturated rings. The Labute approximate surface area is 104 Å². The lowest BCUT2D eigenvalue weighted by molar-refractivity contribution is 0.179. The Morgan fingerprint density at radius 3 is 2.75 bits per heavy atom. The summed E-state index contributed by atoms with van der Waals surface area (Å²) in [6.07, 6.45) is 1.21. The zero-order valence-corrected chi connectivity index (χ0v) is 11.7. The van der Waals surface area contributed by atoms with Crippen LogP contribution in [0.5, 0.6) is 0 Å². The lowest BCUT2D eigenvalue weighted by Crippen LogP contribution is -2.39. The van der Waals surface area contributed by atoms with Crippen LogP contribution in [0, 0.1) is 5.41 Å². The van der Waals surface area contributed by atoms with Crippen LogP contribution in [-0.2, 0) is 6.54 Å². The van der Waals surface area contributed by atoms with Gasteiger partial charge in [-0.05, 0) is 37.4 Å². The largest absolute Gasteiger partial charge is 0.319 e. The maximum absolute atomic E-state index is 3.30. The van der Waals surface area contributed by atoms with Crippen molar-refractivity contribution >= 4 is 11.3 Å². The van der Waals surface area contributed by atoms with Gasteiger partial charge in [0.2, 0.25) is 0 Å². The van der Waals surface area contributed by atoms with Crippen LogP contribution in [0.2, 0.25) is 0 Å². The highest BCUT2D eigenvalue weighted by Crippen LogP contribution is 2.22. The van der Waals surface area contributed by atoms with Crippen LogP contribution >= 0.6 is 11.3 Å². The molecule has 92 valence electrons. The molecule has 0 spiro atoms. The summed E-state index contributed by atoms with van der Waals surface area (Å²) in [7, 11) is 4.25. The van der Waals surface area contributed by atoms with Gasteiger partial charge in [0.05, 0.1) is 0 Å². The molecule has 0 amide bonds. The fraction of sp³-hybridized carbons (Fsp3) is 0.692. The van der Waals surface area contributed by atoms with Gasteiger partial charge >= 0.3 is 0 Å². The Balaban J connectivity index is 2.45. The van der Waals surface area contributed by atoms with Crippen molar-refractivity contribution in [2.75, 3.05) is 27.2 Å². The van der Waals surface area contributed by atoms with E-state index in [0.29, 0.717) is 5.41 Å². The molecule has 1 aromatic rings. The molecule has 0 aliphatic carbocycles. The zero-order chi connectivity index (χ0) is 12.0. The van der Waals surface area contributed by atoms with Crippen LogP contribution in [0.4, 0.5) is 0 Å². The van der Waals surface area contributed by atoms with E-state index in [1.807, 2.05) is 18.4 Å². The molecule has 1 unspecified atom stereocenters. The van der Waals surface area contributed by atoms with E-state index >= 15 is 0 Å². The maximum atomic E-state index is 3.30. The van der Waals surface area contributed by atoms with Crippen molar-refractivity contribution < 1.29 is 0 Å². The van der Waals surface area contributed by atoms with Crippen LogP contribution in [0.25, 0.3) is 0 Å². The molecule has 0 radical (unpaired) electrons. The quantitative estimate of drug-likeness (QED) is 0.788. The van der Waals surface area contributed by atoms with E-state index in [-0.39, 0.29) is 0 Å². The number of hydrogen-bond donors (Lipinski definition) is 1. The first-order valence-electron chi connectivity index (χ1n) is 5.95. The molecule has 3 heteroatoms. The molecular formula is C13H24N2S. The van der Waals surface area contributed by atoms with E-state index in [1.165, 1.54) is 11.3 Å². The van der Waals surface area contributed by atoms with E-state index in [9.17, 15) is 0 Å². The number of nitrogens with zero attached hydrogens (tertiary/aromatic N) is 1. The topological polar surface area (TPSA) is 15.3 Å². The summed E-state index contributed by atoms with van der Waals surface area (Å²) in [5.41, 5.74) is 0.376. The maximum Gasteiger partial charge on any atom is 0.0325 e. The lowest BCUT2D eigenvalue weighted by Gasteiger charge is -2.32. The third kappa shape index (κ3) is 4.24. The Morgan fingerprint density at radius 2 is 2.25 bits per heavy atom. The summed E-state index contributed by atoms with van der Waals surface area (Å²) in [5.74, 6) is 0. The molecule has 1 N–H and O–H groups in total. The van der Waals surface area contributed by atoms with E-state index in [0.717, 1.165) is 19.6 Å². The summed E-state index contributed by atoms with van der Waals surface area (Å²) < 4.78 is 0. The molecule has 16 heavy (non-hydrogen) atoms. The van der Waals surface area contributed by atoms with Gasteiger partial charge in [-0.3, -0.25) is 0 Å². The first-order valence-corrected chi connectivity index (χ1v) is 6.83. The van der Waals surface area contributed by atoms with Gasteiger partial charge in [0, 0.05) is 24.5 Å². The molecule has 2 nitrogen and oxygen atoms in total. The molecule has 1 heterocycles. The van der Waals surface area contributed by atoms with Crippen LogP contribution in [0.3, 0.4) is 0 Å². The van der Waals surface area contributed by atoms with Crippen LogP contribution in [0.15, 0.2) is 17.5 Å².